The zero-order valence-corrected chi connectivity index (χ0v) is 11.0. The maximum Gasteiger partial charge on any atom is 0.267 e. The van der Waals surface area contributed by atoms with Gasteiger partial charge in [0.05, 0.1) is 6.20 Å². The summed E-state index contributed by atoms with van der Waals surface area (Å²) in [5.74, 6) is -0.702. The third-order valence-electron chi connectivity index (χ3n) is 3.06. The zero-order valence-electron chi connectivity index (χ0n) is 11.0. The molecule has 0 amide bonds. The number of nitrogens with zero attached hydrogens (tertiary/aromatic N) is 1. The van der Waals surface area contributed by atoms with E-state index in [1.165, 1.54) is 24.6 Å². The summed E-state index contributed by atoms with van der Waals surface area (Å²) in [7, 11) is 0. The highest BCUT2D eigenvalue weighted by Crippen LogP contribution is 2.16. The van der Waals surface area contributed by atoms with Crippen molar-refractivity contribution in [2.24, 2.45) is 0 Å². The number of hydrogen-bond donors (Lipinski definition) is 0. The summed E-state index contributed by atoms with van der Waals surface area (Å²) in [6.07, 6.45) is 5.10. The third kappa shape index (κ3) is 2.79. The molecule has 102 valence electrons. The minimum absolute atomic E-state index is 0.0300. The Kier molecular flexibility index (Phi) is 3.43. The summed E-state index contributed by atoms with van der Waals surface area (Å²) in [5, 5.41) is 2.05. The molecule has 0 N–H and O–H groups in total. The molecule has 0 saturated carbocycles. The van der Waals surface area contributed by atoms with E-state index in [4.69, 9.17) is 4.42 Å². The van der Waals surface area contributed by atoms with E-state index >= 15 is 0 Å². The molecule has 0 unspecified atom stereocenters. The number of fused-ring (bicyclic) bond motifs is 1. The Morgan fingerprint density at radius 2 is 1.71 bits per heavy atom. The molecule has 2 aromatic carbocycles. The van der Waals surface area contributed by atoms with E-state index in [0.29, 0.717) is 5.56 Å². The van der Waals surface area contributed by atoms with E-state index in [9.17, 15) is 9.59 Å². The van der Waals surface area contributed by atoms with Gasteiger partial charge >= 0.3 is 0 Å². The summed E-state index contributed by atoms with van der Waals surface area (Å²) in [6, 6.07) is 13.2. The van der Waals surface area contributed by atoms with Crippen LogP contribution in [0.2, 0.25) is 0 Å². The Morgan fingerprint density at radius 3 is 2.48 bits per heavy atom. The highest BCUT2D eigenvalue weighted by Gasteiger charge is 2.08. The standard InChI is InChI=1S/C17H11NO3/c19-15(7-8-16(20)17-18-9-10-21-17)14-6-5-12-3-1-2-4-13(12)11-14/h1-11H. The van der Waals surface area contributed by atoms with Crippen LogP contribution in [0.25, 0.3) is 10.8 Å². The molecule has 0 atom stereocenters. The molecule has 4 heteroatoms. The van der Waals surface area contributed by atoms with Gasteiger partial charge in [-0.05, 0) is 29.0 Å². The van der Waals surface area contributed by atoms with Crippen molar-refractivity contribution in [2.45, 2.75) is 0 Å². The smallest absolute Gasteiger partial charge is 0.267 e. The lowest BCUT2D eigenvalue weighted by Crippen LogP contribution is -1.98. The Labute approximate surface area is 120 Å². The molecule has 3 aromatic rings. The molecule has 0 aliphatic carbocycles. The second-order valence-electron chi connectivity index (χ2n) is 4.46. The number of aromatic nitrogens is 1. The van der Waals surface area contributed by atoms with Crippen LogP contribution < -0.4 is 0 Å². The first-order valence-electron chi connectivity index (χ1n) is 6.39. The van der Waals surface area contributed by atoms with E-state index in [2.05, 4.69) is 4.98 Å². The number of rotatable bonds is 4. The first-order valence-corrected chi connectivity index (χ1v) is 6.39. The molecule has 0 fully saturated rings. The highest BCUT2D eigenvalue weighted by atomic mass is 16.3. The first kappa shape index (κ1) is 13.0. The number of carbonyl (C=O) groups excluding carboxylic acids is 2. The molecule has 0 bridgehead atoms. The molecule has 0 saturated heterocycles. The summed E-state index contributed by atoms with van der Waals surface area (Å²) in [5.41, 5.74) is 0.533. The largest absolute Gasteiger partial charge is 0.442 e. The van der Waals surface area contributed by atoms with Gasteiger partial charge in [-0.15, -0.1) is 0 Å². The van der Waals surface area contributed by atoms with E-state index < -0.39 is 5.78 Å². The lowest BCUT2D eigenvalue weighted by atomic mass is 10.0. The average Bonchev–Trinajstić information content (AvgIpc) is 3.06. The molecule has 1 aromatic heterocycles. The Morgan fingerprint density at radius 1 is 0.952 bits per heavy atom. The minimum Gasteiger partial charge on any atom is -0.442 e. The summed E-state index contributed by atoms with van der Waals surface area (Å²) in [6.45, 7) is 0. The predicted octanol–water partition coefficient (Wildman–Crippen LogP) is 3.45. The maximum absolute atomic E-state index is 12.1. The maximum atomic E-state index is 12.1. The monoisotopic (exact) mass is 277 g/mol. The van der Waals surface area contributed by atoms with E-state index in [1.54, 1.807) is 12.1 Å². The second kappa shape index (κ2) is 5.54. The summed E-state index contributed by atoms with van der Waals surface area (Å²) >= 11 is 0. The van der Waals surface area contributed by atoms with E-state index in [0.717, 1.165) is 10.8 Å². The van der Waals surface area contributed by atoms with Gasteiger partial charge in [-0.25, -0.2) is 4.98 Å². The van der Waals surface area contributed by atoms with Crippen LogP contribution in [0.4, 0.5) is 0 Å². The molecule has 1 heterocycles. The normalized spacial score (nSPS) is 11.0. The molecular weight excluding hydrogens is 266 g/mol. The van der Waals surface area contributed by atoms with Crippen molar-refractivity contribution in [1.29, 1.82) is 0 Å². The van der Waals surface area contributed by atoms with Crippen LogP contribution in [0.5, 0.6) is 0 Å². The van der Waals surface area contributed by atoms with E-state index in [1.807, 2.05) is 30.3 Å². The Bertz CT molecular complexity index is 832. The van der Waals surface area contributed by atoms with Crippen molar-refractivity contribution < 1.29 is 14.0 Å². The molecule has 0 spiro atoms. The van der Waals surface area contributed by atoms with Crippen molar-refractivity contribution in [3.05, 3.63) is 78.5 Å². The van der Waals surface area contributed by atoms with Crippen LogP contribution in [0.1, 0.15) is 21.0 Å². The predicted molar refractivity (Wildman–Crippen MR) is 78.3 cm³/mol. The average molecular weight is 277 g/mol. The fourth-order valence-electron chi connectivity index (χ4n) is 2.01. The van der Waals surface area contributed by atoms with E-state index in [-0.39, 0.29) is 11.7 Å². The van der Waals surface area contributed by atoms with Gasteiger partial charge < -0.3 is 4.42 Å². The van der Waals surface area contributed by atoms with Crippen LogP contribution in [-0.2, 0) is 0 Å². The molecule has 3 rings (SSSR count). The second-order valence-corrected chi connectivity index (χ2v) is 4.46. The lowest BCUT2D eigenvalue weighted by molar-refractivity contribution is 0.0997. The van der Waals surface area contributed by atoms with Gasteiger partial charge in [-0.2, -0.15) is 0 Å². The van der Waals surface area contributed by atoms with Gasteiger partial charge in [0.2, 0.25) is 5.78 Å². The van der Waals surface area contributed by atoms with Crippen LogP contribution >= 0.6 is 0 Å². The first-order chi connectivity index (χ1) is 10.2. The number of hydrogen-bond acceptors (Lipinski definition) is 4. The molecular formula is C17H11NO3. The van der Waals surface area contributed by atoms with Gasteiger partial charge in [0.1, 0.15) is 6.26 Å². The van der Waals surface area contributed by atoms with Crippen molar-refractivity contribution in [2.75, 3.05) is 0 Å². The van der Waals surface area contributed by atoms with Gasteiger partial charge in [0.15, 0.2) is 5.78 Å². The van der Waals surface area contributed by atoms with Gasteiger partial charge in [0.25, 0.3) is 5.89 Å². The minimum atomic E-state index is -0.436. The summed E-state index contributed by atoms with van der Waals surface area (Å²) in [4.78, 5) is 27.5. The summed E-state index contributed by atoms with van der Waals surface area (Å²) < 4.78 is 4.87. The number of benzene rings is 2. The molecule has 0 aliphatic heterocycles. The Hall–Kier alpha value is -3.01. The molecule has 21 heavy (non-hydrogen) atoms. The lowest BCUT2D eigenvalue weighted by Gasteiger charge is -2.00. The fourth-order valence-corrected chi connectivity index (χ4v) is 2.01. The zero-order chi connectivity index (χ0) is 14.7. The number of allylic oxidation sites excluding steroid dienone is 2. The fraction of sp³-hybridized carbons (Fsp3) is 0. The van der Waals surface area contributed by atoms with Crippen molar-refractivity contribution in [3.8, 4) is 0 Å². The quantitative estimate of drug-likeness (QED) is 0.541. The van der Waals surface area contributed by atoms with Gasteiger partial charge in [0, 0.05) is 5.56 Å². The van der Waals surface area contributed by atoms with Crippen molar-refractivity contribution in [3.63, 3.8) is 0 Å². The number of oxazole rings is 1. The highest BCUT2D eigenvalue weighted by molar-refractivity contribution is 6.11. The van der Waals surface area contributed by atoms with Crippen molar-refractivity contribution in [1.82, 2.24) is 4.98 Å². The van der Waals surface area contributed by atoms with Crippen LogP contribution in [-0.4, -0.2) is 16.6 Å². The van der Waals surface area contributed by atoms with Crippen LogP contribution in [0, 0.1) is 0 Å². The SMILES string of the molecule is O=C(C=CC(=O)c1ncco1)c1ccc2ccccc2c1. The number of carbonyl (C=O) groups is 2. The number of ketones is 2. The van der Waals surface area contributed by atoms with Gasteiger partial charge in [-0.3, -0.25) is 9.59 Å². The third-order valence-corrected chi connectivity index (χ3v) is 3.06. The molecule has 0 radical (unpaired) electrons. The van der Waals surface area contributed by atoms with Crippen LogP contribution in [0.15, 0.2) is 71.5 Å². The van der Waals surface area contributed by atoms with Gasteiger partial charge in [-0.1, -0.05) is 36.4 Å². The Balaban J connectivity index is 1.82. The topological polar surface area (TPSA) is 60.2 Å². The van der Waals surface area contributed by atoms with Crippen molar-refractivity contribution >= 4 is 22.3 Å². The molecule has 0 aliphatic rings. The molecule has 4 nitrogen and oxygen atoms in total. The van der Waals surface area contributed by atoms with Crippen LogP contribution in [0.3, 0.4) is 0 Å².